The van der Waals surface area contributed by atoms with E-state index >= 15 is 0 Å². The molecular weight excluding hydrogens is 323 g/mol. The molecule has 0 radical (unpaired) electrons. The Morgan fingerprint density at radius 1 is 1.23 bits per heavy atom. The zero-order valence-corrected chi connectivity index (χ0v) is 14.4. The number of halogens is 2. The molecule has 3 N–H and O–H groups in total. The molecule has 0 bridgehead atoms. The summed E-state index contributed by atoms with van der Waals surface area (Å²) in [6.07, 6.45) is 1.90. The van der Waals surface area contributed by atoms with Crippen LogP contribution in [0.25, 0.3) is 0 Å². The third kappa shape index (κ3) is 4.20. The second-order valence-corrected chi connectivity index (χ2v) is 5.39. The van der Waals surface area contributed by atoms with Crippen molar-refractivity contribution in [3.05, 3.63) is 46.6 Å². The van der Waals surface area contributed by atoms with E-state index in [-0.39, 0.29) is 24.5 Å². The van der Waals surface area contributed by atoms with Gasteiger partial charge in [-0.15, -0.1) is 12.4 Å². The van der Waals surface area contributed by atoms with Crippen molar-refractivity contribution >= 4 is 24.0 Å². The van der Waals surface area contributed by atoms with Crippen molar-refractivity contribution < 1.29 is 4.52 Å². The lowest BCUT2D eigenvalue weighted by atomic mass is 9.84. The fraction of sp³-hybridized carbons (Fsp3) is 0.467. The normalized spacial score (nSPS) is 11.3. The predicted molar refractivity (Wildman–Crippen MR) is 90.0 cm³/mol. The number of nitrogens with two attached hydrogens (primary N) is 1. The summed E-state index contributed by atoms with van der Waals surface area (Å²) in [7, 11) is 0. The summed E-state index contributed by atoms with van der Waals surface area (Å²) in [6, 6.07) is 7.95. The standard InChI is InChI=1S/C15H21ClN4O.ClH/c1-3-15(4-2,11-5-7-12(16)8-6-11)18-10-13-19-14(9-17)21-20-13;/h5-8,18H,3-4,9-10,17H2,1-2H3;1H. The van der Waals surface area contributed by atoms with Crippen LogP contribution in [0.3, 0.4) is 0 Å². The van der Waals surface area contributed by atoms with E-state index in [0.29, 0.717) is 18.3 Å². The second-order valence-electron chi connectivity index (χ2n) is 4.96. The molecule has 0 aliphatic heterocycles. The first kappa shape index (κ1) is 18.9. The lowest BCUT2D eigenvalue weighted by Crippen LogP contribution is -2.41. The smallest absolute Gasteiger partial charge is 0.240 e. The Balaban J connectivity index is 0.00000242. The topological polar surface area (TPSA) is 77.0 Å². The summed E-state index contributed by atoms with van der Waals surface area (Å²) in [5, 5.41) is 8.21. The summed E-state index contributed by atoms with van der Waals surface area (Å²) in [5.74, 6) is 1.08. The van der Waals surface area contributed by atoms with Gasteiger partial charge in [-0.05, 0) is 30.5 Å². The van der Waals surface area contributed by atoms with Gasteiger partial charge >= 0.3 is 0 Å². The van der Waals surface area contributed by atoms with Crippen molar-refractivity contribution in [3.63, 3.8) is 0 Å². The highest BCUT2D eigenvalue weighted by Crippen LogP contribution is 2.30. The van der Waals surface area contributed by atoms with E-state index in [9.17, 15) is 0 Å². The largest absolute Gasteiger partial charge is 0.338 e. The predicted octanol–water partition coefficient (Wildman–Crippen LogP) is 3.41. The summed E-state index contributed by atoms with van der Waals surface area (Å²) < 4.78 is 5.02. The Kier molecular flexibility index (Phi) is 7.29. The van der Waals surface area contributed by atoms with E-state index in [1.54, 1.807) is 0 Å². The van der Waals surface area contributed by atoms with E-state index in [4.69, 9.17) is 21.9 Å². The van der Waals surface area contributed by atoms with Crippen molar-refractivity contribution in [2.45, 2.75) is 45.3 Å². The van der Waals surface area contributed by atoms with Crippen LogP contribution < -0.4 is 11.1 Å². The zero-order valence-electron chi connectivity index (χ0n) is 12.8. The highest BCUT2D eigenvalue weighted by molar-refractivity contribution is 6.30. The number of hydrogen-bond donors (Lipinski definition) is 2. The van der Waals surface area contributed by atoms with Crippen molar-refractivity contribution in [2.24, 2.45) is 5.73 Å². The average molecular weight is 345 g/mol. The molecule has 2 rings (SSSR count). The van der Waals surface area contributed by atoms with Crippen molar-refractivity contribution in [1.29, 1.82) is 0 Å². The summed E-state index contributed by atoms with van der Waals surface area (Å²) in [6.45, 7) is 5.12. The number of nitrogens with zero attached hydrogens (tertiary/aromatic N) is 2. The molecule has 2 aromatic rings. The molecule has 0 aliphatic rings. The maximum Gasteiger partial charge on any atom is 0.240 e. The van der Waals surface area contributed by atoms with Crippen molar-refractivity contribution in [2.75, 3.05) is 0 Å². The molecular formula is C15H22Cl2N4O. The maximum atomic E-state index is 5.98. The van der Waals surface area contributed by atoms with Crippen LogP contribution in [0.5, 0.6) is 0 Å². The number of benzene rings is 1. The van der Waals surface area contributed by atoms with Crippen LogP contribution in [0.15, 0.2) is 28.8 Å². The molecule has 1 aromatic heterocycles. The third-order valence-corrected chi connectivity index (χ3v) is 4.13. The number of rotatable bonds is 7. The Morgan fingerprint density at radius 2 is 1.86 bits per heavy atom. The fourth-order valence-corrected chi connectivity index (χ4v) is 2.60. The zero-order chi connectivity index (χ0) is 15.3. The molecule has 0 aliphatic carbocycles. The lowest BCUT2D eigenvalue weighted by Gasteiger charge is -2.33. The first-order valence-corrected chi connectivity index (χ1v) is 7.54. The SMILES string of the molecule is CCC(CC)(NCc1noc(CN)n1)c1ccc(Cl)cc1.Cl. The molecule has 7 heteroatoms. The van der Waals surface area contributed by atoms with Gasteiger partial charge in [0, 0.05) is 10.6 Å². The molecule has 0 fully saturated rings. The number of hydrogen-bond acceptors (Lipinski definition) is 5. The van der Waals surface area contributed by atoms with E-state index < -0.39 is 0 Å². The highest BCUT2D eigenvalue weighted by atomic mass is 35.5. The van der Waals surface area contributed by atoms with Crippen LogP contribution in [-0.4, -0.2) is 10.1 Å². The molecule has 0 spiro atoms. The molecule has 122 valence electrons. The Bertz CT molecular complexity index is 567. The molecule has 0 saturated heterocycles. The van der Waals surface area contributed by atoms with Gasteiger partial charge in [0.05, 0.1) is 13.1 Å². The van der Waals surface area contributed by atoms with Crippen LogP contribution >= 0.6 is 24.0 Å². The molecule has 0 unspecified atom stereocenters. The second kappa shape index (κ2) is 8.48. The fourth-order valence-electron chi connectivity index (χ4n) is 2.47. The van der Waals surface area contributed by atoms with Gasteiger partial charge in [-0.25, -0.2) is 0 Å². The summed E-state index contributed by atoms with van der Waals surface area (Å²) in [4.78, 5) is 4.22. The van der Waals surface area contributed by atoms with Gasteiger partial charge in [0.2, 0.25) is 5.89 Å². The van der Waals surface area contributed by atoms with Gasteiger partial charge in [-0.2, -0.15) is 4.98 Å². The Labute approximate surface area is 142 Å². The van der Waals surface area contributed by atoms with Gasteiger partial charge in [-0.3, -0.25) is 0 Å². The van der Waals surface area contributed by atoms with Crippen molar-refractivity contribution in [3.8, 4) is 0 Å². The van der Waals surface area contributed by atoms with Gasteiger partial charge in [0.25, 0.3) is 0 Å². The third-order valence-electron chi connectivity index (χ3n) is 3.87. The minimum Gasteiger partial charge on any atom is -0.338 e. The number of nitrogens with one attached hydrogen (secondary N) is 1. The molecule has 0 saturated carbocycles. The molecule has 5 nitrogen and oxygen atoms in total. The molecule has 1 aromatic carbocycles. The van der Waals surface area contributed by atoms with E-state index in [1.165, 1.54) is 5.56 Å². The van der Waals surface area contributed by atoms with Crippen LogP contribution in [0, 0.1) is 0 Å². The summed E-state index contributed by atoms with van der Waals surface area (Å²) >= 11 is 5.98. The minimum absolute atomic E-state index is 0. The lowest BCUT2D eigenvalue weighted by molar-refractivity contribution is 0.298. The molecule has 1 heterocycles. The van der Waals surface area contributed by atoms with Gasteiger partial charge in [-0.1, -0.05) is 42.7 Å². The number of aromatic nitrogens is 2. The van der Waals surface area contributed by atoms with Gasteiger partial charge in [0.1, 0.15) is 0 Å². The monoisotopic (exact) mass is 344 g/mol. The van der Waals surface area contributed by atoms with Crippen LogP contribution in [0.2, 0.25) is 5.02 Å². The first-order valence-electron chi connectivity index (χ1n) is 7.16. The van der Waals surface area contributed by atoms with Gasteiger partial charge in [0.15, 0.2) is 5.82 Å². The van der Waals surface area contributed by atoms with Gasteiger partial charge < -0.3 is 15.6 Å². The first-order chi connectivity index (χ1) is 10.1. The minimum atomic E-state index is -0.131. The van der Waals surface area contributed by atoms with Crippen LogP contribution in [0.1, 0.15) is 44.0 Å². The van der Waals surface area contributed by atoms with Crippen molar-refractivity contribution in [1.82, 2.24) is 15.5 Å². The average Bonchev–Trinajstić information content (AvgIpc) is 2.98. The van der Waals surface area contributed by atoms with Crippen LogP contribution in [0.4, 0.5) is 0 Å². The molecule has 0 amide bonds. The van der Waals surface area contributed by atoms with Crippen LogP contribution in [-0.2, 0) is 18.6 Å². The van der Waals surface area contributed by atoms with E-state index in [2.05, 4.69) is 41.4 Å². The van der Waals surface area contributed by atoms with E-state index in [1.807, 2.05) is 12.1 Å². The molecule has 0 atom stereocenters. The quantitative estimate of drug-likeness (QED) is 0.804. The highest BCUT2D eigenvalue weighted by Gasteiger charge is 2.28. The summed E-state index contributed by atoms with van der Waals surface area (Å²) in [5.41, 5.74) is 6.55. The maximum absolute atomic E-state index is 5.98. The van der Waals surface area contributed by atoms with E-state index in [0.717, 1.165) is 17.9 Å². The Morgan fingerprint density at radius 3 is 2.36 bits per heavy atom. The molecule has 22 heavy (non-hydrogen) atoms. The Hall–Kier alpha value is -1.14.